The molecule has 3 nitrogen and oxygen atoms in total. The van der Waals surface area contributed by atoms with E-state index in [1.807, 2.05) is 42.5 Å². The van der Waals surface area contributed by atoms with Gasteiger partial charge in [0.1, 0.15) is 11.2 Å². The molecule has 0 aliphatic carbocycles. The van der Waals surface area contributed by atoms with E-state index in [1.165, 1.54) is 0 Å². The van der Waals surface area contributed by atoms with Crippen LogP contribution < -0.4 is 10.6 Å². The van der Waals surface area contributed by atoms with E-state index in [2.05, 4.69) is 10.6 Å². The average molecular weight is 387 g/mol. The zero-order chi connectivity index (χ0) is 17.4. The Hall–Kier alpha value is -2.27. The van der Waals surface area contributed by atoms with E-state index >= 15 is 0 Å². The topological polar surface area (TPSA) is 37.2 Å². The molecule has 25 heavy (non-hydrogen) atoms. The van der Waals surface area contributed by atoms with Crippen molar-refractivity contribution in [3.8, 4) is 0 Å². The first-order valence-electron chi connectivity index (χ1n) is 7.54. The quantitative estimate of drug-likeness (QED) is 0.375. The van der Waals surface area contributed by atoms with Gasteiger partial charge in [0.15, 0.2) is 5.11 Å². The van der Waals surface area contributed by atoms with Gasteiger partial charge in [0.25, 0.3) is 0 Å². The molecule has 0 bridgehead atoms. The fraction of sp³-hybridized carbons (Fsp3) is 0. The lowest BCUT2D eigenvalue weighted by Crippen LogP contribution is -2.19. The summed E-state index contributed by atoms with van der Waals surface area (Å²) in [5, 5.41) is 9.87. The summed E-state index contributed by atoms with van der Waals surface area (Å²) in [6.07, 6.45) is 0. The number of fused-ring (bicyclic) bond motifs is 3. The number of anilines is 2. The zero-order valence-electron chi connectivity index (χ0n) is 12.8. The number of nitrogens with one attached hydrogen (secondary N) is 2. The Morgan fingerprint density at radius 3 is 2.48 bits per heavy atom. The van der Waals surface area contributed by atoms with Gasteiger partial charge in [-0.1, -0.05) is 41.4 Å². The Balaban J connectivity index is 1.59. The number of thiocarbonyl (C=S) groups is 1. The molecule has 1 heterocycles. The van der Waals surface area contributed by atoms with E-state index < -0.39 is 0 Å². The molecule has 4 aromatic rings. The molecule has 0 aliphatic rings. The van der Waals surface area contributed by atoms with Crippen molar-refractivity contribution in [1.82, 2.24) is 0 Å². The van der Waals surface area contributed by atoms with E-state index in [9.17, 15) is 0 Å². The van der Waals surface area contributed by atoms with Crippen molar-refractivity contribution in [2.45, 2.75) is 0 Å². The summed E-state index contributed by atoms with van der Waals surface area (Å²) < 4.78 is 5.83. The van der Waals surface area contributed by atoms with Crippen LogP contribution in [-0.2, 0) is 0 Å². The Morgan fingerprint density at radius 2 is 1.64 bits per heavy atom. The molecule has 0 atom stereocenters. The lowest BCUT2D eigenvalue weighted by Gasteiger charge is -2.12. The third-order valence-corrected chi connectivity index (χ3v) is 4.57. The van der Waals surface area contributed by atoms with E-state index in [1.54, 1.807) is 18.2 Å². The van der Waals surface area contributed by atoms with Gasteiger partial charge in [0.05, 0.1) is 10.7 Å². The first-order valence-corrected chi connectivity index (χ1v) is 8.71. The molecule has 2 N–H and O–H groups in total. The molecule has 3 aromatic carbocycles. The summed E-state index contributed by atoms with van der Waals surface area (Å²) in [6.45, 7) is 0. The molecule has 0 amide bonds. The largest absolute Gasteiger partial charge is 0.456 e. The molecular weight excluding hydrogens is 375 g/mol. The third kappa shape index (κ3) is 3.29. The fourth-order valence-electron chi connectivity index (χ4n) is 2.68. The van der Waals surface area contributed by atoms with Gasteiger partial charge in [0, 0.05) is 21.5 Å². The van der Waals surface area contributed by atoms with Gasteiger partial charge < -0.3 is 15.1 Å². The standard InChI is InChI=1S/C19H12Cl2N2OS/c20-11-5-7-16(15(21)9-11)23-19(25)22-12-6-8-18-14(10-12)13-3-1-2-4-17(13)24-18/h1-10H,(H2,22,23,25). The van der Waals surface area contributed by atoms with Crippen LogP contribution in [-0.4, -0.2) is 5.11 Å². The van der Waals surface area contributed by atoms with Crippen LogP contribution in [0.5, 0.6) is 0 Å². The first-order chi connectivity index (χ1) is 12.1. The Kier molecular flexibility index (Phi) is 4.25. The third-order valence-electron chi connectivity index (χ3n) is 3.81. The van der Waals surface area contributed by atoms with Crippen LogP contribution in [0.4, 0.5) is 11.4 Å². The van der Waals surface area contributed by atoms with Gasteiger partial charge in [0.2, 0.25) is 0 Å². The van der Waals surface area contributed by atoms with Crippen LogP contribution in [0.3, 0.4) is 0 Å². The normalized spacial score (nSPS) is 11.0. The maximum Gasteiger partial charge on any atom is 0.175 e. The van der Waals surface area contributed by atoms with Gasteiger partial charge >= 0.3 is 0 Å². The predicted octanol–water partition coefficient (Wildman–Crippen LogP) is 6.70. The van der Waals surface area contributed by atoms with Crippen molar-refractivity contribution in [2.24, 2.45) is 0 Å². The van der Waals surface area contributed by atoms with Crippen molar-refractivity contribution in [3.05, 3.63) is 70.7 Å². The molecule has 6 heteroatoms. The monoisotopic (exact) mass is 386 g/mol. The maximum atomic E-state index is 6.16. The van der Waals surface area contributed by atoms with Gasteiger partial charge in [-0.05, 0) is 54.7 Å². The minimum absolute atomic E-state index is 0.441. The minimum Gasteiger partial charge on any atom is -0.456 e. The summed E-state index contributed by atoms with van der Waals surface area (Å²) in [5.41, 5.74) is 3.26. The average Bonchev–Trinajstić information content (AvgIpc) is 2.95. The van der Waals surface area contributed by atoms with Crippen LogP contribution in [0.1, 0.15) is 0 Å². The number of benzene rings is 3. The maximum absolute atomic E-state index is 6.16. The van der Waals surface area contributed by atoms with Crippen molar-refractivity contribution in [1.29, 1.82) is 0 Å². The van der Waals surface area contributed by atoms with Crippen LogP contribution in [0.2, 0.25) is 10.0 Å². The fourth-order valence-corrected chi connectivity index (χ4v) is 3.36. The van der Waals surface area contributed by atoms with Crippen molar-refractivity contribution in [2.75, 3.05) is 10.6 Å². The molecule has 4 rings (SSSR count). The second-order valence-electron chi connectivity index (χ2n) is 5.51. The summed E-state index contributed by atoms with van der Waals surface area (Å²) in [5.74, 6) is 0. The van der Waals surface area contributed by atoms with Crippen molar-refractivity contribution in [3.63, 3.8) is 0 Å². The molecule has 0 radical (unpaired) electrons. The number of furan rings is 1. The second kappa shape index (κ2) is 6.56. The first kappa shape index (κ1) is 16.2. The smallest absolute Gasteiger partial charge is 0.175 e. The van der Waals surface area contributed by atoms with Crippen LogP contribution in [0.25, 0.3) is 21.9 Å². The predicted molar refractivity (Wildman–Crippen MR) is 110 cm³/mol. The van der Waals surface area contributed by atoms with Crippen molar-refractivity contribution >= 4 is 73.8 Å². The summed E-state index contributed by atoms with van der Waals surface area (Å²) in [4.78, 5) is 0. The van der Waals surface area contributed by atoms with E-state index in [-0.39, 0.29) is 0 Å². The molecule has 0 fully saturated rings. The Bertz CT molecular complexity index is 1110. The highest BCUT2D eigenvalue weighted by molar-refractivity contribution is 7.80. The number of hydrogen-bond acceptors (Lipinski definition) is 2. The van der Waals surface area contributed by atoms with E-state index in [0.29, 0.717) is 20.8 Å². The van der Waals surface area contributed by atoms with Gasteiger partial charge in [-0.25, -0.2) is 0 Å². The van der Waals surface area contributed by atoms with Gasteiger partial charge in [-0.3, -0.25) is 0 Å². The number of para-hydroxylation sites is 1. The Labute approximate surface area is 159 Å². The Morgan fingerprint density at radius 1 is 0.840 bits per heavy atom. The summed E-state index contributed by atoms with van der Waals surface area (Å²) >= 11 is 17.4. The number of halogens is 2. The van der Waals surface area contributed by atoms with E-state index in [0.717, 1.165) is 27.6 Å². The molecule has 0 spiro atoms. The molecule has 0 unspecified atom stereocenters. The molecule has 124 valence electrons. The highest BCUT2D eigenvalue weighted by atomic mass is 35.5. The van der Waals surface area contributed by atoms with Crippen LogP contribution in [0, 0.1) is 0 Å². The van der Waals surface area contributed by atoms with E-state index in [4.69, 9.17) is 39.8 Å². The van der Waals surface area contributed by atoms with Gasteiger partial charge in [-0.15, -0.1) is 0 Å². The lowest BCUT2D eigenvalue weighted by molar-refractivity contribution is 0.669. The number of hydrogen-bond donors (Lipinski definition) is 2. The second-order valence-corrected chi connectivity index (χ2v) is 6.76. The summed E-state index contributed by atoms with van der Waals surface area (Å²) in [7, 11) is 0. The molecule has 0 aliphatic heterocycles. The van der Waals surface area contributed by atoms with Crippen LogP contribution in [0.15, 0.2) is 65.1 Å². The van der Waals surface area contributed by atoms with Gasteiger partial charge in [-0.2, -0.15) is 0 Å². The van der Waals surface area contributed by atoms with Crippen molar-refractivity contribution < 1.29 is 4.42 Å². The lowest BCUT2D eigenvalue weighted by atomic mass is 10.1. The minimum atomic E-state index is 0.441. The summed E-state index contributed by atoms with van der Waals surface area (Å²) in [6, 6.07) is 19.0. The molecule has 0 saturated heterocycles. The number of rotatable bonds is 2. The zero-order valence-corrected chi connectivity index (χ0v) is 15.2. The molecule has 1 aromatic heterocycles. The SMILES string of the molecule is S=C(Nc1ccc2oc3ccccc3c2c1)Nc1ccc(Cl)cc1Cl. The van der Waals surface area contributed by atoms with Crippen LogP contribution >= 0.6 is 35.4 Å². The molecule has 0 saturated carbocycles. The molecular formula is C19H12Cl2N2OS. The highest BCUT2D eigenvalue weighted by Crippen LogP contribution is 2.31. The highest BCUT2D eigenvalue weighted by Gasteiger charge is 2.08.